The number of likely N-dealkylation sites (tertiary alicyclic amines) is 1. The van der Waals surface area contributed by atoms with Gasteiger partial charge < -0.3 is 19.7 Å². The average Bonchev–Trinajstić information content (AvgIpc) is 2.65. The maximum Gasteiger partial charge on any atom is 0.325 e. The van der Waals surface area contributed by atoms with Gasteiger partial charge in [0.25, 0.3) is 11.8 Å². The van der Waals surface area contributed by atoms with Crippen molar-refractivity contribution < 1.29 is 23.9 Å². The molecule has 0 aliphatic carbocycles. The zero-order chi connectivity index (χ0) is 18.1. The van der Waals surface area contributed by atoms with E-state index < -0.39 is 5.97 Å². The fraction of sp³-hybridized carbons (Fsp3) is 0.500. The molecule has 0 unspecified atom stereocenters. The van der Waals surface area contributed by atoms with E-state index in [0.29, 0.717) is 31.0 Å². The molecule has 1 aliphatic heterocycles. The van der Waals surface area contributed by atoms with E-state index in [-0.39, 0.29) is 25.0 Å². The van der Waals surface area contributed by atoms with Crippen LogP contribution in [0.2, 0.25) is 0 Å². The molecule has 1 aromatic rings. The largest absolute Gasteiger partial charge is 0.494 e. The Balaban J connectivity index is 1.69. The van der Waals surface area contributed by atoms with Crippen molar-refractivity contribution in [2.75, 3.05) is 32.8 Å². The zero-order valence-electron chi connectivity index (χ0n) is 14.5. The molecule has 1 aromatic carbocycles. The molecule has 1 saturated heterocycles. The number of nitrogens with one attached hydrogen (secondary N) is 1. The highest BCUT2D eigenvalue weighted by atomic mass is 16.5. The second-order valence-electron chi connectivity index (χ2n) is 5.74. The molecule has 1 heterocycles. The van der Waals surface area contributed by atoms with E-state index in [1.807, 2.05) is 6.92 Å². The van der Waals surface area contributed by atoms with Crippen LogP contribution in [0.1, 0.15) is 36.5 Å². The standard InChI is InChI=1S/C18H24N2O5/c1-2-24-15-8-6-14(7-9-15)18(23)19-12-17(22)25-13-16(21)20-10-4-3-5-11-20/h6-9H,2-5,10-13H2,1H3,(H,19,23). The lowest BCUT2D eigenvalue weighted by atomic mass is 10.1. The highest BCUT2D eigenvalue weighted by Gasteiger charge is 2.18. The molecule has 136 valence electrons. The van der Waals surface area contributed by atoms with Crippen LogP contribution in [0.4, 0.5) is 0 Å². The van der Waals surface area contributed by atoms with Gasteiger partial charge in [-0.15, -0.1) is 0 Å². The molecule has 25 heavy (non-hydrogen) atoms. The highest BCUT2D eigenvalue weighted by Crippen LogP contribution is 2.12. The lowest BCUT2D eigenvalue weighted by molar-refractivity contribution is -0.151. The predicted octanol–water partition coefficient (Wildman–Crippen LogP) is 1.37. The molecule has 1 aliphatic rings. The van der Waals surface area contributed by atoms with Crippen molar-refractivity contribution in [1.29, 1.82) is 0 Å². The summed E-state index contributed by atoms with van der Waals surface area (Å²) in [4.78, 5) is 37.2. The first-order valence-electron chi connectivity index (χ1n) is 8.54. The van der Waals surface area contributed by atoms with Crippen molar-refractivity contribution in [2.45, 2.75) is 26.2 Å². The Hall–Kier alpha value is -2.57. The summed E-state index contributed by atoms with van der Waals surface area (Å²) in [7, 11) is 0. The van der Waals surface area contributed by atoms with E-state index >= 15 is 0 Å². The van der Waals surface area contributed by atoms with Crippen LogP contribution in [0.25, 0.3) is 0 Å². The SMILES string of the molecule is CCOc1ccc(C(=O)NCC(=O)OCC(=O)N2CCCCC2)cc1. The van der Waals surface area contributed by atoms with Gasteiger partial charge in [-0.1, -0.05) is 0 Å². The van der Waals surface area contributed by atoms with Gasteiger partial charge in [0.2, 0.25) is 0 Å². The molecular weight excluding hydrogens is 324 g/mol. The van der Waals surface area contributed by atoms with Crippen molar-refractivity contribution in [2.24, 2.45) is 0 Å². The van der Waals surface area contributed by atoms with E-state index in [1.54, 1.807) is 29.2 Å². The summed E-state index contributed by atoms with van der Waals surface area (Å²) in [5, 5.41) is 2.47. The molecule has 2 amide bonds. The fourth-order valence-corrected chi connectivity index (χ4v) is 2.55. The summed E-state index contributed by atoms with van der Waals surface area (Å²) in [5.41, 5.74) is 0.417. The first kappa shape index (κ1) is 18.8. The van der Waals surface area contributed by atoms with E-state index in [4.69, 9.17) is 9.47 Å². The average molecular weight is 348 g/mol. The second kappa shape index (κ2) is 9.66. The van der Waals surface area contributed by atoms with Crippen LogP contribution in [-0.2, 0) is 14.3 Å². The maximum absolute atomic E-state index is 12.0. The topological polar surface area (TPSA) is 84.9 Å². The van der Waals surface area contributed by atoms with Gasteiger partial charge in [0.1, 0.15) is 12.3 Å². The van der Waals surface area contributed by atoms with Crippen LogP contribution in [0, 0.1) is 0 Å². The monoisotopic (exact) mass is 348 g/mol. The summed E-state index contributed by atoms with van der Waals surface area (Å²) >= 11 is 0. The Morgan fingerprint density at radius 1 is 1.08 bits per heavy atom. The third kappa shape index (κ3) is 6.10. The molecule has 2 rings (SSSR count). The predicted molar refractivity (Wildman–Crippen MR) is 91.3 cm³/mol. The molecule has 1 N–H and O–H groups in total. The van der Waals surface area contributed by atoms with Gasteiger partial charge in [-0.3, -0.25) is 14.4 Å². The first-order chi connectivity index (χ1) is 12.1. The van der Waals surface area contributed by atoms with Gasteiger partial charge in [0.05, 0.1) is 6.61 Å². The Morgan fingerprint density at radius 3 is 2.40 bits per heavy atom. The number of hydrogen-bond acceptors (Lipinski definition) is 5. The van der Waals surface area contributed by atoms with E-state index in [2.05, 4.69) is 5.32 Å². The second-order valence-corrected chi connectivity index (χ2v) is 5.74. The van der Waals surface area contributed by atoms with Gasteiger partial charge in [-0.2, -0.15) is 0 Å². The van der Waals surface area contributed by atoms with Crippen LogP contribution in [0.15, 0.2) is 24.3 Å². The van der Waals surface area contributed by atoms with Crippen molar-refractivity contribution in [3.8, 4) is 5.75 Å². The van der Waals surface area contributed by atoms with Crippen LogP contribution in [-0.4, -0.2) is 55.5 Å². The third-order valence-electron chi connectivity index (χ3n) is 3.89. The molecule has 0 aromatic heterocycles. The number of piperidine rings is 1. The number of esters is 1. The molecular formula is C18H24N2O5. The summed E-state index contributed by atoms with van der Waals surface area (Å²) < 4.78 is 10.2. The molecule has 7 nitrogen and oxygen atoms in total. The van der Waals surface area contributed by atoms with Gasteiger partial charge >= 0.3 is 5.97 Å². The van der Waals surface area contributed by atoms with Crippen molar-refractivity contribution in [3.05, 3.63) is 29.8 Å². The van der Waals surface area contributed by atoms with E-state index in [1.165, 1.54) is 0 Å². The van der Waals surface area contributed by atoms with Gasteiger partial charge in [0.15, 0.2) is 6.61 Å². The Bertz CT molecular complexity index is 594. The van der Waals surface area contributed by atoms with Crippen molar-refractivity contribution >= 4 is 17.8 Å². The summed E-state index contributed by atoms with van der Waals surface area (Å²) in [6, 6.07) is 6.61. The van der Waals surface area contributed by atoms with Crippen LogP contribution >= 0.6 is 0 Å². The Kier molecular flexibility index (Phi) is 7.25. The molecule has 0 spiro atoms. The van der Waals surface area contributed by atoms with Crippen LogP contribution in [0.3, 0.4) is 0 Å². The number of carbonyl (C=O) groups is 3. The number of nitrogens with zero attached hydrogens (tertiary/aromatic N) is 1. The van der Waals surface area contributed by atoms with Gasteiger partial charge in [-0.05, 0) is 50.5 Å². The zero-order valence-corrected chi connectivity index (χ0v) is 14.5. The number of hydrogen-bond donors (Lipinski definition) is 1. The Morgan fingerprint density at radius 2 is 1.76 bits per heavy atom. The number of benzene rings is 1. The summed E-state index contributed by atoms with van der Waals surface area (Å²) in [5.74, 6) is -0.535. The molecule has 0 atom stereocenters. The fourth-order valence-electron chi connectivity index (χ4n) is 2.55. The van der Waals surface area contributed by atoms with Crippen LogP contribution < -0.4 is 10.1 Å². The van der Waals surface area contributed by atoms with E-state index in [0.717, 1.165) is 19.3 Å². The quantitative estimate of drug-likeness (QED) is 0.752. The molecule has 1 fully saturated rings. The third-order valence-corrected chi connectivity index (χ3v) is 3.89. The number of carbonyl (C=O) groups excluding carboxylic acids is 3. The highest BCUT2D eigenvalue weighted by molar-refractivity contribution is 5.96. The molecule has 0 saturated carbocycles. The van der Waals surface area contributed by atoms with Crippen molar-refractivity contribution in [1.82, 2.24) is 10.2 Å². The first-order valence-corrected chi connectivity index (χ1v) is 8.54. The minimum atomic E-state index is -0.635. The molecule has 0 radical (unpaired) electrons. The minimum absolute atomic E-state index is 0.189. The molecule has 7 heteroatoms. The maximum atomic E-state index is 12.0. The number of ether oxygens (including phenoxy) is 2. The van der Waals surface area contributed by atoms with Gasteiger partial charge in [-0.25, -0.2) is 0 Å². The van der Waals surface area contributed by atoms with Crippen molar-refractivity contribution in [3.63, 3.8) is 0 Å². The lowest BCUT2D eigenvalue weighted by Crippen LogP contribution is -2.39. The normalized spacial score (nSPS) is 13.9. The lowest BCUT2D eigenvalue weighted by Gasteiger charge is -2.26. The number of amides is 2. The smallest absolute Gasteiger partial charge is 0.325 e. The number of rotatable bonds is 7. The summed E-state index contributed by atoms with van der Waals surface area (Å²) in [6.07, 6.45) is 3.09. The summed E-state index contributed by atoms with van der Waals surface area (Å²) in [6.45, 7) is 3.29. The van der Waals surface area contributed by atoms with Crippen LogP contribution in [0.5, 0.6) is 5.75 Å². The molecule has 0 bridgehead atoms. The minimum Gasteiger partial charge on any atom is -0.494 e. The Labute approximate surface area is 147 Å². The van der Waals surface area contributed by atoms with Gasteiger partial charge in [0, 0.05) is 18.7 Å². The van der Waals surface area contributed by atoms with E-state index in [9.17, 15) is 14.4 Å².